The fourth-order valence-corrected chi connectivity index (χ4v) is 2.86. The predicted octanol–water partition coefficient (Wildman–Crippen LogP) is 3.75. The summed E-state index contributed by atoms with van der Waals surface area (Å²) in [7, 11) is 0. The molecule has 6 nitrogen and oxygen atoms in total. The Labute approximate surface area is 155 Å². The normalized spacial score (nSPS) is 10.9. The lowest BCUT2D eigenvalue weighted by Gasteiger charge is -2.23. The van der Waals surface area contributed by atoms with Crippen LogP contribution >= 0.6 is 23.2 Å². The lowest BCUT2D eigenvalue weighted by atomic mass is 10.2. The quantitative estimate of drug-likeness (QED) is 0.789. The number of amides is 1. The van der Waals surface area contributed by atoms with Crippen LogP contribution in [0.3, 0.4) is 0 Å². The van der Waals surface area contributed by atoms with Crippen LogP contribution in [-0.2, 0) is 4.79 Å². The lowest BCUT2D eigenvalue weighted by Crippen LogP contribution is -2.35. The number of halogens is 2. The zero-order chi connectivity index (χ0) is 18.6. The van der Waals surface area contributed by atoms with Gasteiger partial charge in [-0.2, -0.15) is 5.10 Å². The summed E-state index contributed by atoms with van der Waals surface area (Å²) >= 11 is 12.1. The van der Waals surface area contributed by atoms with E-state index < -0.39 is 5.97 Å². The maximum atomic E-state index is 12.7. The van der Waals surface area contributed by atoms with Crippen molar-refractivity contribution in [2.45, 2.75) is 20.3 Å². The molecule has 0 bridgehead atoms. The molecule has 134 valence electrons. The SMILES string of the molecule is CC(C)CN(CCC(=O)O)C(=O)c1cnn(-c2ccc(Cl)cc2Cl)c1. The van der Waals surface area contributed by atoms with Gasteiger partial charge in [-0.1, -0.05) is 37.0 Å². The lowest BCUT2D eigenvalue weighted by molar-refractivity contribution is -0.137. The van der Waals surface area contributed by atoms with E-state index >= 15 is 0 Å². The number of carbonyl (C=O) groups excluding carboxylic acids is 1. The second-order valence-electron chi connectivity index (χ2n) is 6.06. The Morgan fingerprint density at radius 2 is 2.04 bits per heavy atom. The van der Waals surface area contributed by atoms with Crippen LogP contribution in [0.2, 0.25) is 10.0 Å². The highest BCUT2D eigenvalue weighted by Gasteiger charge is 2.20. The van der Waals surface area contributed by atoms with Gasteiger partial charge in [-0.25, -0.2) is 4.68 Å². The Morgan fingerprint density at radius 3 is 2.64 bits per heavy atom. The molecular formula is C17H19Cl2N3O3. The van der Waals surface area contributed by atoms with Gasteiger partial charge in [0, 0.05) is 24.3 Å². The first-order valence-corrected chi connectivity index (χ1v) is 8.54. The molecule has 1 aromatic carbocycles. The second kappa shape index (κ2) is 8.36. The summed E-state index contributed by atoms with van der Waals surface area (Å²) in [4.78, 5) is 25.1. The molecule has 2 aromatic rings. The van der Waals surface area contributed by atoms with Gasteiger partial charge in [0.15, 0.2) is 0 Å². The second-order valence-corrected chi connectivity index (χ2v) is 6.90. The van der Waals surface area contributed by atoms with Gasteiger partial charge >= 0.3 is 5.97 Å². The summed E-state index contributed by atoms with van der Waals surface area (Å²) in [6.07, 6.45) is 2.92. The summed E-state index contributed by atoms with van der Waals surface area (Å²) in [5.74, 6) is -0.977. The molecule has 0 aliphatic rings. The van der Waals surface area contributed by atoms with E-state index in [2.05, 4.69) is 5.10 Å². The van der Waals surface area contributed by atoms with Crippen LogP contribution in [0.1, 0.15) is 30.6 Å². The number of aliphatic carboxylic acids is 1. The monoisotopic (exact) mass is 383 g/mol. The highest BCUT2D eigenvalue weighted by Crippen LogP contribution is 2.24. The Kier molecular flexibility index (Phi) is 6.45. The minimum atomic E-state index is -0.940. The maximum absolute atomic E-state index is 12.7. The van der Waals surface area contributed by atoms with Crippen LogP contribution < -0.4 is 0 Å². The molecule has 1 heterocycles. The summed E-state index contributed by atoms with van der Waals surface area (Å²) in [5, 5.41) is 14.0. The molecule has 1 aromatic heterocycles. The smallest absolute Gasteiger partial charge is 0.305 e. The fourth-order valence-electron chi connectivity index (χ4n) is 2.36. The number of carboxylic acids is 1. The van der Waals surface area contributed by atoms with Gasteiger partial charge in [0.1, 0.15) is 0 Å². The number of aromatic nitrogens is 2. The van der Waals surface area contributed by atoms with Crippen molar-refractivity contribution in [2.75, 3.05) is 13.1 Å². The van der Waals surface area contributed by atoms with E-state index in [1.165, 1.54) is 15.8 Å². The minimum absolute atomic E-state index is 0.102. The number of benzene rings is 1. The van der Waals surface area contributed by atoms with Crippen molar-refractivity contribution in [3.63, 3.8) is 0 Å². The fraction of sp³-hybridized carbons (Fsp3) is 0.353. The van der Waals surface area contributed by atoms with E-state index in [0.29, 0.717) is 27.8 Å². The minimum Gasteiger partial charge on any atom is -0.481 e. The first-order valence-electron chi connectivity index (χ1n) is 7.79. The van der Waals surface area contributed by atoms with Crippen molar-refractivity contribution in [1.29, 1.82) is 0 Å². The Balaban J connectivity index is 2.23. The molecule has 0 saturated heterocycles. The van der Waals surface area contributed by atoms with Crippen LogP contribution in [0.5, 0.6) is 0 Å². The van der Waals surface area contributed by atoms with Gasteiger partial charge < -0.3 is 10.0 Å². The summed E-state index contributed by atoms with van der Waals surface area (Å²) in [6.45, 7) is 4.56. The van der Waals surface area contributed by atoms with Gasteiger partial charge in [0.05, 0.1) is 28.9 Å². The predicted molar refractivity (Wildman–Crippen MR) is 96.6 cm³/mol. The Hall–Kier alpha value is -2.05. The van der Waals surface area contributed by atoms with E-state index in [1.807, 2.05) is 13.8 Å². The van der Waals surface area contributed by atoms with E-state index in [4.69, 9.17) is 28.3 Å². The average Bonchev–Trinajstić information content (AvgIpc) is 2.99. The number of nitrogens with zero attached hydrogens (tertiary/aromatic N) is 3. The molecule has 0 unspecified atom stereocenters. The summed E-state index contributed by atoms with van der Waals surface area (Å²) in [5.41, 5.74) is 0.975. The van der Waals surface area contributed by atoms with E-state index in [9.17, 15) is 9.59 Å². The molecule has 0 atom stereocenters. The van der Waals surface area contributed by atoms with Crippen molar-refractivity contribution in [3.8, 4) is 5.69 Å². The van der Waals surface area contributed by atoms with Crippen molar-refractivity contribution in [2.24, 2.45) is 5.92 Å². The number of carbonyl (C=O) groups is 2. The first kappa shape index (κ1) is 19.3. The molecular weight excluding hydrogens is 365 g/mol. The van der Waals surface area contributed by atoms with Gasteiger partial charge in [-0.3, -0.25) is 9.59 Å². The first-order chi connectivity index (χ1) is 11.8. The van der Waals surface area contributed by atoms with Crippen molar-refractivity contribution in [1.82, 2.24) is 14.7 Å². The third kappa shape index (κ3) is 5.21. The average molecular weight is 384 g/mol. The third-order valence-electron chi connectivity index (χ3n) is 3.45. The molecule has 0 radical (unpaired) electrons. The summed E-state index contributed by atoms with van der Waals surface area (Å²) in [6, 6.07) is 4.99. The highest BCUT2D eigenvalue weighted by molar-refractivity contribution is 6.35. The van der Waals surface area contributed by atoms with Gasteiger partial charge in [-0.15, -0.1) is 0 Å². The van der Waals surface area contributed by atoms with Gasteiger partial charge in [-0.05, 0) is 24.1 Å². The molecule has 0 saturated carbocycles. The molecule has 0 spiro atoms. The maximum Gasteiger partial charge on any atom is 0.305 e. The molecule has 0 aliphatic heterocycles. The number of carboxylic acid groups (broad SMARTS) is 1. The van der Waals surface area contributed by atoms with Crippen molar-refractivity contribution < 1.29 is 14.7 Å². The van der Waals surface area contributed by atoms with Crippen LogP contribution in [0, 0.1) is 5.92 Å². The number of hydrogen-bond donors (Lipinski definition) is 1. The van der Waals surface area contributed by atoms with E-state index in [0.717, 1.165) is 0 Å². The molecule has 1 amide bonds. The van der Waals surface area contributed by atoms with Crippen molar-refractivity contribution in [3.05, 3.63) is 46.2 Å². The van der Waals surface area contributed by atoms with Gasteiger partial charge in [0.25, 0.3) is 5.91 Å². The van der Waals surface area contributed by atoms with Crippen molar-refractivity contribution >= 4 is 35.1 Å². The Morgan fingerprint density at radius 1 is 1.32 bits per heavy atom. The van der Waals surface area contributed by atoms with Crippen LogP contribution in [0.4, 0.5) is 0 Å². The molecule has 8 heteroatoms. The molecule has 2 rings (SSSR count). The highest BCUT2D eigenvalue weighted by atomic mass is 35.5. The van der Waals surface area contributed by atoms with Crippen LogP contribution in [-0.4, -0.2) is 44.8 Å². The molecule has 25 heavy (non-hydrogen) atoms. The van der Waals surface area contributed by atoms with E-state index in [-0.39, 0.29) is 24.8 Å². The molecule has 0 fully saturated rings. The topological polar surface area (TPSA) is 75.4 Å². The standard InChI is InChI=1S/C17H19Cl2N3O3/c1-11(2)9-21(6-5-16(23)24)17(25)12-8-20-22(10-12)15-4-3-13(18)7-14(15)19/h3-4,7-8,10-11H,5-6,9H2,1-2H3,(H,23,24). The number of rotatable bonds is 7. The van der Waals surface area contributed by atoms with Crippen LogP contribution in [0.15, 0.2) is 30.6 Å². The molecule has 0 aliphatic carbocycles. The number of hydrogen-bond acceptors (Lipinski definition) is 3. The summed E-state index contributed by atoms with van der Waals surface area (Å²) < 4.78 is 1.50. The van der Waals surface area contributed by atoms with Crippen LogP contribution in [0.25, 0.3) is 5.69 Å². The zero-order valence-electron chi connectivity index (χ0n) is 13.9. The molecule has 1 N–H and O–H groups in total. The largest absolute Gasteiger partial charge is 0.481 e. The third-order valence-corrected chi connectivity index (χ3v) is 3.99. The Bertz CT molecular complexity index is 774. The van der Waals surface area contributed by atoms with Gasteiger partial charge in [0.2, 0.25) is 0 Å². The van der Waals surface area contributed by atoms with E-state index in [1.54, 1.807) is 24.4 Å². The zero-order valence-corrected chi connectivity index (χ0v) is 15.5.